The molecule has 1 aliphatic heterocycles. The third kappa shape index (κ3) is 3.88. The fraction of sp³-hybridized carbons (Fsp3) is 0.714. The van der Waals surface area contributed by atoms with E-state index in [2.05, 4.69) is 35.1 Å². The lowest BCUT2D eigenvalue weighted by atomic mass is 9.96. The van der Waals surface area contributed by atoms with E-state index < -0.39 is 10.0 Å². The summed E-state index contributed by atoms with van der Waals surface area (Å²) in [6.07, 6.45) is 0.961. The number of hydrogen-bond acceptors (Lipinski definition) is 4. The Balaban J connectivity index is 2.18. The van der Waals surface area contributed by atoms with Crippen molar-refractivity contribution in [1.82, 2.24) is 9.62 Å². The van der Waals surface area contributed by atoms with Crippen LogP contribution < -0.4 is 5.32 Å². The predicted octanol–water partition coefficient (Wildman–Crippen LogP) is 3.29. The van der Waals surface area contributed by atoms with Gasteiger partial charge in [-0.3, -0.25) is 0 Å². The van der Waals surface area contributed by atoms with Crippen LogP contribution in [0.25, 0.3) is 0 Å². The number of rotatable bonds is 6. The SMILES string of the molecule is CCNCc1cc(S(=O)(=O)N2CCC(C(C)C)C2)c(Br)s1. The summed E-state index contributed by atoms with van der Waals surface area (Å²) in [5, 5.41) is 3.23. The normalized spacial score (nSPS) is 20.5. The molecule has 0 bridgehead atoms. The summed E-state index contributed by atoms with van der Waals surface area (Å²) in [5.41, 5.74) is 0. The van der Waals surface area contributed by atoms with Crippen molar-refractivity contribution in [2.45, 2.75) is 38.6 Å². The van der Waals surface area contributed by atoms with Gasteiger partial charge in [-0.25, -0.2) is 8.42 Å². The molecule has 1 saturated heterocycles. The molecule has 1 atom stereocenters. The van der Waals surface area contributed by atoms with E-state index in [1.54, 1.807) is 10.4 Å². The van der Waals surface area contributed by atoms with Crippen molar-refractivity contribution in [1.29, 1.82) is 0 Å². The maximum atomic E-state index is 12.8. The van der Waals surface area contributed by atoms with Crippen LogP contribution in [-0.2, 0) is 16.6 Å². The molecule has 1 aromatic rings. The van der Waals surface area contributed by atoms with Gasteiger partial charge in [-0.05, 0) is 46.8 Å². The third-order valence-corrected chi connectivity index (χ3v) is 8.12. The van der Waals surface area contributed by atoms with Gasteiger partial charge >= 0.3 is 0 Å². The van der Waals surface area contributed by atoms with Gasteiger partial charge in [0.05, 0.1) is 3.79 Å². The molecule has 0 aromatic carbocycles. The number of halogens is 1. The average Bonchev–Trinajstić information content (AvgIpc) is 3.03. The van der Waals surface area contributed by atoms with E-state index in [0.29, 0.717) is 40.2 Å². The van der Waals surface area contributed by atoms with Gasteiger partial charge in [0.25, 0.3) is 0 Å². The molecular formula is C14H23BrN2O2S2. The highest BCUT2D eigenvalue weighted by molar-refractivity contribution is 9.11. The molecular weight excluding hydrogens is 372 g/mol. The number of sulfonamides is 1. The minimum atomic E-state index is -3.37. The standard InChI is InChI=1S/C14H23BrN2O2S2/c1-4-16-8-12-7-13(14(15)20-12)21(18,19)17-6-5-11(9-17)10(2)3/h7,10-11,16H,4-6,8-9H2,1-3H3. The molecule has 1 aliphatic rings. The zero-order valence-corrected chi connectivity index (χ0v) is 15.9. The van der Waals surface area contributed by atoms with Crippen molar-refractivity contribution in [3.05, 3.63) is 14.7 Å². The lowest BCUT2D eigenvalue weighted by molar-refractivity contribution is 0.388. The van der Waals surface area contributed by atoms with Gasteiger partial charge in [-0.2, -0.15) is 4.31 Å². The summed E-state index contributed by atoms with van der Waals surface area (Å²) in [5.74, 6) is 0.999. The minimum Gasteiger partial charge on any atom is -0.312 e. The Labute approximate surface area is 140 Å². The molecule has 1 aromatic heterocycles. The van der Waals surface area contributed by atoms with Crippen molar-refractivity contribution < 1.29 is 8.42 Å². The maximum Gasteiger partial charge on any atom is 0.245 e. The van der Waals surface area contributed by atoms with Crippen LogP contribution in [0.3, 0.4) is 0 Å². The Hall–Kier alpha value is 0.0500. The first-order valence-electron chi connectivity index (χ1n) is 7.35. The summed E-state index contributed by atoms with van der Waals surface area (Å²) in [6.45, 7) is 9.23. The van der Waals surface area contributed by atoms with Crippen molar-refractivity contribution >= 4 is 37.3 Å². The van der Waals surface area contributed by atoms with Crippen molar-refractivity contribution in [3.8, 4) is 0 Å². The molecule has 0 radical (unpaired) electrons. The number of nitrogens with zero attached hydrogens (tertiary/aromatic N) is 1. The van der Waals surface area contributed by atoms with Crippen LogP contribution in [0, 0.1) is 11.8 Å². The topological polar surface area (TPSA) is 49.4 Å². The highest BCUT2D eigenvalue weighted by Gasteiger charge is 2.35. The second-order valence-corrected chi connectivity index (χ2v) is 10.1. The van der Waals surface area contributed by atoms with E-state index in [0.717, 1.165) is 17.8 Å². The summed E-state index contributed by atoms with van der Waals surface area (Å²) in [4.78, 5) is 1.46. The lowest BCUT2D eigenvalue weighted by Gasteiger charge is -2.17. The fourth-order valence-corrected chi connectivity index (χ4v) is 6.68. The molecule has 120 valence electrons. The first-order chi connectivity index (χ1) is 9.86. The Morgan fingerprint density at radius 3 is 2.81 bits per heavy atom. The van der Waals surface area contributed by atoms with E-state index >= 15 is 0 Å². The van der Waals surface area contributed by atoms with Gasteiger partial charge in [-0.15, -0.1) is 11.3 Å². The molecule has 21 heavy (non-hydrogen) atoms. The monoisotopic (exact) mass is 394 g/mol. The molecule has 2 heterocycles. The highest BCUT2D eigenvalue weighted by Crippen LogP contribution is 2.36. The summed E-state index contributed by atoms with van der Waals surface area (Å²) in [6, 6.07) is 1.80. The van der Waals surface area contributed by atoms with Crippen LogP contribution in [0.2, 0.25) is 0 Å². The molecule has 0 spiro atoms. The number of hydrogen-bond donors (Lipinski definition) is 1. The minimum absolute atomic E-state index is 0.421. The molecule has 1 fully saturated rings. The van der Waals surface area contributed by atoms with Crippen molar-refractivity contribution in [2.75, 3.05) is 19.6 Å². The van der Waals surface area contributed by atoms with Gasteiger partial charge in [0.2, 0.25) is 10.0 Å². The van der Waals surface area contributed by atoms with E-state index in [4.69, 9.17) is 0 Å². The summed E-state index contributed by atoms with van der Waals surface area (Å²) in [7, 11) is -3.37. The van der Waals surface area contributed by atoms with Crippen LogP contribution in [0.5, 0.6) is 0 Å². The Kier molecular flexibility index (Phi) is 5.87. The average molecular weight is 395 g/mol. The first kappa shape index (κ1) is 17.4. The quantitative estimate of drug-likeness (QED) is 0.804. The molecule has 7 heteroatoms. The summed E-state index contributed by atoms with van der Waals surface area (Å²) < 4.78 is 27.9. The summed E-state index contributed by atoms with van der Waals surface area (Å²) >= 11 is 4.92. The molecule has 1 N–H and O–H groups in total. The van der Waals surface area contributed by atoms with Gasteiger partial charge in [0.1, 0.15) is 4.90 Å². The molecule has 4 nitrogen and oxygen atoms in total. The van der Waals surface area contributed by atoms with Crippen LogP contribution >= 0.6 is 27.3 Å². The van der Waals surface area contributed by atoms with Gasteiger partial charge < -0.3 is 5.32 Å². The Morgan fingerprint density at radius 1 is 1.52 bits per heavy atom. The number of thiophene rings is 1. The number of nitrogens with one attached hydrogen (secondary N) is 1. The van der Waals surface area contributed by atoms with Crippen LogP contribution in [0.4, 0.5) is 0 Å². The molecule has 0 aliphatic carbocycles. The zero-order chi connectivity index (χ0) is 15.6. The van der Waals surface area contributed by atoms with E-state index in [1.807, 2.05) is 6.92 Å². The van der Waals surface area contributed by atoms with Crippen molar-refractivity contribution in [2.24, 2.45) is 11.8 Å². The first-order valence-corrected chi connectivity index (χ1v) is 10.4. The second-order valence-electron chi connectivity index (χ2n) is 5.79. The van der Waals surface area contributed by atoms with E-state index in [1.165, 1.54) is 11.3 Å². The largest absolute Gasteiger partial charge is 0.312 e. The van der Waals surface area contributed by atoms with Gasteiger partial charge in [0, 0.05) is 24.5 Å². The van der Waals surface area contributed by atoms with E-state index in [-0.39, 0.29) is 0 Å². The molecule has 1 unspecified atom stereocenters. The lowest BCUT2D eigenvalue weighted by Crippen LogP contribution is -2.29. The molecule has 0 amide bonds. The fourth-order valence-electron chi connectivity index (χ4n) is 2.56. The predicted molar refractivity (Wildman–Crippen MR) is 91.1 cm³/mol. The molecule has 0 saturated carbocycles. The van der Waals surface area contributed by atoms with Gasteiger partial charge in [0.15, 0.2) is 0 Å². The van der Waals surface area contributed by atoms with Gasteiger partial charge in [-0.1, -0.05) is 20.8 Å². The van der Waals surface area contributed by atoms with Crippen LogP contribution in [0.1, 0.15) is 32.1 Å². The third-order valence-electron chi connectivity index (χ3n) is 4.00. The zero-order valence-electron chi connectivity index (χ0n) is 12.7. The maximum absolute atomic E-state index is 12.8. The second kappa shape index (κ2) is 7.08. The molecule has 2 rings (SSSR count). The Morgan fingerprint density at radius 2 is 2.24 bits per heavy atom. The van der Waals surface area contributed by atoms with E-state index in [9.17, 15) is 8.42 Å². The highest BCUT2D eigenvalue weighted by atomic mass is 79.9. The van der Waals surface area contributed by atoms with Crippen LogP contribution in [0.15, 0.2) is 14.7 Å². The van der Waals surface area contributed by atoms with Crippen molar-refractivity contribution in [3.63, 3.8) is 0 Å². The smallest absolute Gasteiger partial charge is 0.245 e. The Bertz CT molecular complexity index is 584. The van der Waals surface area contributed by atoms with Crippen LogP contribution in [-0.4, -0.2) is 32.4 Å².